The van der Waals surface area contributed by atoms with Gasteiger partial charge in [0.1, 0.15) is 0 Å². The van der Waals surface area contributed by atoms with E-state index >= 15 is 0 Å². The molecule has 0 saturated carbocycles. The Hall–Kier alpha value is -0.520. The van der Waals surface area contributed by atoms with Crippen LogP contribution in [0.25, 0.3) is 0 Å². The molecule has 0 N–H and O–H groups in total. The van der Waals surface area contributed by atoms with Crippen molar-refractivity contribution in [3.05, 3.63) is 23.8 Å². The minimum absolute atomic E-state index is 0.637. The van der Waals surface area contributed by atoms with E-state index < -0.39 is 0 Å². The Kier molecular flexibility index (Phi) is 4.93. The fourth-order valence-corrected chi connectivity index (χ4v) is 1.07. The maximum atomic E-state index is 4.08. The van der Waals surface area contributed by atoms with E-state index in [1.807, 2.05) is 0 Å². The SMILES string of the molecule is C=C(C(C)=CCC)C(C)CC. The van der Waals surface area contributed by atoms with Crippen LogP contribution in [0, 0.1) is 5.92 Å². The zero-order chi connectivity index (χ0) is 8.85. The van der Waals surface area contributed by atoms with Crippen LogP contribution in [0.15, 0.2) is 23.8 Å². The van der Waals surface area contributed by atoms with Gasteiger partial charge in [-0.3, -0.25) is 0 Å². The van der Waals surface area contributed by atoms with E-state index in [1.54, 1.807) is 0 Å². The van der Waals surface area contributed by atoms with Gasteiger partial charge < -0.3 is 0 Å². The minimum Gasteiger partial charge on any atom is -0.0953 e. The molecule has 0 saturated heterocycles. The molecule has 0 nitrogen and oxygen atoms in total. The second-order valence-corrected chi connectivity index (χ2v) is 3.13. The van der Waals surface area contributed by atoms with Gasteiger partial charge in [0.15, 0.2) is 0 Å². The van der Waals surface area contributed by atoms with Crippen molar-refractivity contribution in [2.45, 2.75) is 40.5 Å². The van der Waals surface area contributed by atoms with Gasteiger partial charge in [0.2, 0.25) is 0 Å². The summed E-state index contributed by atoms with van der Waals surface area (Å²) in [4.78, 5) is 0. The fourth-order valence-electron chi connectivity index (χ4n) is 1.07. The van der Waals surface area contributed by atoms with Crippen molar-refractivity contribution in [2.75, 3.05) is 0 Å². The number of allylic oxidation sites excluding steroid dienone is 3. The first kappa shape index (κ1) is 10.5. The molecule has 0 aliphatic rings. The molecule has 0 radical (unpaired) electrons. The summed E-state index contributed by atoms with van der Waals surface area (Å²) in [7, 11) is 0. The van der Waals surface area contributed by atoms with Crippen LogP contribution in [-0.4, -0.2) is 0 Å². The summed E-state index contributed by atoms with van der Waals surface area (Å²) in [6.45, 7) is 12.8. The van der Waals surface area contributed by atoms with Gasteiger partial charge in [-0.15, -0.1) is 0 Å². The molecular formula is C11H20. The molecule has 0 fully saturated rings. The van der Waals surface area contributed by atoms with Crippen LogP contribution in [0.5, 0.6) is 0 Å². The Labute approximate surface area is 71.0 Å². The Morgan fingerprint density at radius 3 is 2.36 bits per heavy atom. The van der Waals surface area contributed by atoms with Crippen molar-refractivity contribution in [3.8, 4) is 0 Å². The topological polar surface area (TPSA) is 0 Å². The monoisotopic (exact) mass is 152 g/mol. The van der Waals surface area contributed by atoms with Crippen LogP contribution in [0.4, 0.5) is 0 Å². The molecule has 0 aliphatic carbocycles. The summed E-state index contributed by atoms with van der Waals surface area (Å²) in [5, 5.41) is 0. The smallest absolute Gasteiger partial charge is 0.0196 e. The number of hydrogen-bond donors (Lipinski definition) is 0. The van der Waals surface area contributed by atoms with Crippen LogP contribution in [0.2, 0.25) is 0 Å². The maximum absolute atomic E-state index is 4.08. The molecule has 0 heteroatoms. The lowest BCUT2D eigenvalue weighted by molar-refractivity contribution is 0.663. The quantitative estimate of drug-likeness (QED) is 0.535. The predicted molar refractivity (Wildman–Crippen MR) is 52.6 cm³/mol. The van der Waals surface area contributed by atoms with Crippen molar-refractivity contribution < 1.29 is 0 Å². The first-order valence-corrected chi connectivity index (χ1v) is 4.49. The van der Waals surface area contributed by atoms with E-state index in [9.17, 15) is 0 Å². The van der Waals surface area contributed by atoms with Gasteiger partial charge in [-0.2, -0.15) is 0 Å². The molecule has 0 heterocycles. The van der Waals surface area contributed by atoms with Gasteiger partial charge in [-0.25, -0.2) is 0 Å². The Morgan fingerprint density at radius 1 is 1.45 bits per heavy atom. The average Bonchev–Trinajstić information content (AvgIpc) is 2.02. The molecule has 0 aromatic carbocycles. The molecule has 11 heavy (non-hydrogen) atoms. The van der Waals surface area contributed by atoms with Crippen LogP contribution < -0.4 is 0 Å². The predicted octanol–water partition coefficient (Wildman–Crippen LogP) is 3.95. The summed E-state index contributed by atoms with van der Waals surface area (Å²) in [6, 6.07) is 0. The van der Waals surface area contributed by atoms with Crippen LogP contribution >= 0.6 is 0 Å². The zero-order valence-corrected chi connectivity index (χ0v) is 8.28. The molecule has 1 atom stereocenters. The molecule has 64 valence electrons. The largest absolute Gasteiger partial charge is 0.0953 e. The summed E-state index contributed by atoms with van der Waals surface area (Å²) in [5.41, 5.74) is 2.66. The van der Waals surface area contributed by atoms with E-state index in [-0.39, 0.29) is 0 Å². The molecule has 0 aromatic rings. The summed E-state index contributed by atoms with van der Waals surface area (Å²) >= 11 is 0. The Balaban J connectivity index is 4.13. The Morgan fingerprint density at radius 2 is 2.00 bits per heavy atom. The average molecular weight is 152 g/mol. The molecule has 1 unspecified atom stereocenters. The highest BCUT2D eigenvalue weighted by atomic mass is 14.1. The van der Waals surface area contributed by atoms with E-state index in [1.165, 1.54) is 17.6 Å². The molecule has 0 amide bonds. The fraction of sp³-hybridized carbons (Fsp3) is 0.636. The third-order valence-corrected chi connectivity index (χ3v) is 2.22. The van der Waals surface area contributed by atoms with Gasteiger partial charge in [0.25, 0.3) is 0 Å². The van der Waals surface area contributed by atoms with Crippen LogP contribution in [0.3, 0.4) is 0 Å². The molecule has 0 rings (SSSR count). The first-order chi connectivity index (χ1) is 5.13. The van der Waals surface area contributed by atoms with E-state index in [2.05, 4.69) is 40.3 Å². The van der Waals surface area contributed by atoms with Crippen molar-refractivity contribution in [1.82, 2.24) is 0 Å². The van der Waals surface area contributed by atoms with Crippen molar-refractivity contribution in [2.24, 2.45) is 5.92 Å². The van der Waals surface area contributed by atoms with Gasteiger partial charge in [0.05, 0.1) is 0 Å². The molecule has 0 bridgehead atoms. The number of hydrogen-bond acceptors (Lipinski definition) is 0. The van der Waals surface area contributed by atoms with Crippen molar-refractivity contribution >= 4 is 0 Å². The van der Waals surface area contributed by atoms with Crippen molar-refractivity contribution in [3.63, 3.8) is 0 Å². The van der Waals surface area contributed by atoms with E-state index in [4.69, 9.17) is 0 Å². The van der Waals surface area contributed by atoms with Gasteiger partial charge in [-0.1, -0.05) is 39.0 Å². The summed E-state index contributed by atoms with van der Waals surface area (Å²) in [6.07, 6.45) is 4.55. The molecule has 0 spiro atoms. The highest BCUT2D eigenvalue weighted by molar-refractivity contribution is 5.27. The molecular weight excluding hydrogens is 132 g/mol. The maximum Gasteiger partial charge on any atom is -0.0196 e. The second-order valence-electron chi connectivity index (χ2n) is 3.13. The van der Waals surface area contributed by atoms with E-state index in [0.29, 0.717) is 5.92 Å². The summed E-state index contributed by atoms with van der Waals surface area (Å²) in [5.74, 6) is 0.637. The Bertz CT molecular complexity index is 151. The lowest BCUT2D eigenvalue weighted by atomic mass is 9.94. The van der Waals surface area contributed by atoms with Crippen LogP contribution in [-0.2, 0) is 0 Å². The van der Waals surface area contributed by atoms with Crippen molar-refractivity contribution in [1.29, 1.82) is 0 Å². The third-order valence-electron chi connectivity index (χ3n) is 2.22. The zero-order valence-electron chi connectivity index (χ0n) is 8.28. The second kappa shape index (κ2) is 5.17. The van der Waals surface area contributed by atoms with Gasteiger partial charge in [-0.05, 0) is 31.3 Å². The van der Waals surface area contributed by atoms with Gasteiger partial charge in [0, 0.05) is 0 Å². The van der Waals surface area contributed by atoms with E-state index in [0.717, 1.165) is 6.42 Å². The molecule has 0 aromatic heterocycles. The highest BCUT2D eigenvalue weighted by Gasteiger charge is 2.04. The standard InChI is InChI=1S/C11H20/c1-6-8-10(4)11(5)9(3)7-2/h8-9H,5-7H2,1-4H3. The minimum atomic E-state index is 0.637. The lowest BCUT2D eigenvalue weighted by Gasteiger charge is -2.12. The summed E-state index contributed by atoms with van der Waals surface area (Å²) < 4.78 is 0. The highest BCUT2D eigenvalue weighted by Crippen LogP contribution is 2.19. The first-order valence-electron chi connectivity index (χ1n) is 4.49. The normalized spacial score (nSPS) is 14.7. The number of rotatable bonds is 4. The van der Waals surface area contributed by atoms with Gasteiger partial charge >= 0.3 is 0 Å². The lowest BCUT2D eigenvalue weighted by Crippen LogP contribution is -1.97. The van der Waals surface area contributed by atoms with Crippen LogP contribution in [0.1, 0.15) is 40.5 Å². The molecule has 0 aliphatic heterocycles. The third kappa shape index (κ3) is 3.41.